The molecule has 0 unspecified atom stereocenters. The first-order chi connectivity index (χ1) is 14.7. The Morgan fingerprint density at radius 3 is 2.63 bits per heavy atom. The van der Waals surface area contributed by atoms with Gasteiger partial charge >= 0.3 is 0 Å². The number of benzene rings is 1. The van der Waals surface area contributed by atoms with Gasteiger partial charge in [0.05, 0.1) is 37.5 Å². The number of likely N-dealkylation sites (tertiary alicyclic amines) is 1. The largest absolute Gasteiger partial charge is 0.497 e. The van der Waals surface area contributed by atoms with E-state index in [0.29, 0.717) is 5.92 Å². The lowest BCUT2D eigenvalue weighted by Crippen LogP contribution is -2.32. The summed E-state index contributed by atoms with van der Waals surface area (Å²) in [6, 6.07) is 14.3. The van der Waals surface area contributed by atoms with Crippen LogP contribution in [0, 0.1) is 0 Å². The molecule has 1 fully saturated rings. The number of imidazole rings is 1. The molecular formula is C24H26N4O2. The van der Waals surface area contributed by atoms with Crippen LogP contribution in [0.1, 0.15) is 30.2 Å². The maximum atomic E-state index is 5.51. The SMILES string of the molecule is COc1ccc(-c2nc(C3CCN(Cc4ccco4)CC3)cc3c2ncn3C)cc1. The van der Waals surface area contributed by atoms with Crippen molar-refractivity contribution < 1.29 is 9.15 Å². The highest BCUT2D eigenvalue weighted by Gasteiger charge is 2.24. The van der Waals surface area contributed by atoms with E-state index in [1.165, 1.54) is 0 Å². The van der Waals surface area contributed by atoms with E-state index in [9.17, 15) is 0 Å². The van der Waals surface area contributed by atoms with Crippen LogP contribution in [0.25, 0.3) is 22.3 Å². The molecule has 1 aromatic carbocycles. The lowest BCUT2D eigenvalue weighted by Gasteiger charge is -2.31. The van der Waals surface area contributed by atoms with Crippen LogP contribution in [0.3, 0.4) is 0 Å². The molecule has 1 aliphatic rings. The molecule has 6 heteroatoms. The third-order valence-electron chi connectivity index (χ3n) is 6.06. The van der Waals surface area contributed by atoms with Crippen molar-refractivity contribution in [3.63, 3.8) is 0 Å². The zero-order valence-electron chi connectivity index (χ0n) is 17.4. The Labute approximate surface area is 176 Å². The minimum absolute atomic E-state index is 0.453. The normalized spacial score (nSPS) is 15.7. The van der Waals surface area contributed by atoms with Crippen molar-refractivity contribution in [1.82, 2.24) is 19.4 Å². The highest BCUT2D eigenvalue weighted by molar-refractivity contribution is 5.90. The van der Waals surface area contributed by atoms with Crippen molar-refractivity contribution in [2.24, 2.45) is 7.05 Å². The summed E-state index contributed by atoms with van der Waals surface area (Å²) in [5.41, 5.74) is 5.25. The van der Waals surface area contributed by atoms with E-state index in [1.807, 2.05) is 37.6 Å². The van der Waals surface area contributed by atoms with Crippen LogP contribution in [0.2, 0.25) is 0 Å². The number of aryl methyl sites for hydroxylation is 1. The summed E-state index contributed by atoms with van der Waals surface area (Å²) in [7, 11) is 3.73. The van der Waals surface area contributed by atoms with Crippen LogP contribution in [0.4, 0.5) is 0 Å². The summed E-state index contributed by atoms with van der Waals surface area (Å²) in [4.78, 5) is 12.2. The Bertz CT molecular complexity index is 1120. The fourth-order valence-electron chi connectivity index (χ4n) is 4.32. The number of fused-ring (bicyclic) bond motifs is 1. The van der Waals surface area contributed by atoms with Gasteiger partial charge in [-0.1, -0.05) is 0 Å². The lowest BCUT2D eigenvalue weighted by molar-refractivity contribution is 0.190. The van der Waals surface area contributed by atoms with Crippen molar-refractivity contribution in [1.29, 1.82) is 0 Å². The summed E-state index contributed by atoms with van der Waals surface area (Å²) in [5, 5.41) is 0. The van der Waals surface area contributed by atoms with Gasteiger partial charge in [0, 0.05) is 24.2 Å². The molecule has 0 saturated carbocycles. The van der Waals surface area contributed by atoms with Gasteiger partial charge in [0.1, 0.15) is 17.0 Å². The first kappa shape index (κ1) is 18.9. The van der Waals surface area contributed by atoms with Crippen LogP contribution < -0.4 is 4.74 Å². The molecule has 0 amide bonds. The molecule has 3 aromatic heterocycles. The van der Waals surface area contributed by atoms with Gasteiger partial charge in [0.15, 0.2) is 0 Å². The van der Waals surface area contributed by atoms with Gasteiger partial charge in [-0.25, -0.2) is 4.98 Å². The smallest absolute Gasteiger partial charge is 0.118 e. The molecule has 4 aromatic rings. The molecule has 6 nitrogen and oxygen atoms in total. The van der Waals surface area contributed by atoms with Crippen LogP contribution in [-0.2, 0) is 13.6 Å². The van der Waals surface area contributed by atoms with Gasteiger partial charge in [-0.3, -0.25) is 9.88 Å². The van der Waals surface area contributed by atoms with E-state index in [0.717, 1.165) is 72.0 Å². The molecule has 1 aliphatic heterocycles. The predicted molar refractivity (Wildman–Crippen MR) is 116 cm³/mol. The molecule has 0 atom stereocenters. The quantitative estimate of drug-likeness (QED) is 0.488. The monoisotopic (exact) mass is 402 g/mol. The summed E-state index contributed by atoms with van der Waals surface area (Å²) in [5.74, 6) is 2.33. The molecule has 0 radical (unpaired) electrons. The molecule has 154 valence electrons. The molecule has 0 bridgehead atoms. The summed E-state index contributed by atoms with van der Waals surface area (Å²) < 4.78 is 12.9. The van der Waals surface area contributed by atoms with Crippen molar-refractivity contribution >= 4 is 11.0 Å². The predicted octanol–water partition coefficient (Wildman–Crippen LogP) is 4.62. The number of nitrogens with zero attached hydrogens (tertiary/aromatic N) is 4. The van der Waals surface area contributed by atoms with Crippen LogP contribution in [-0.4, -0.2) is 39.6 Å². The number of piperidine rings is 1. The fraction of sp³-hybridized carbons (Fsp3) is 0.333. The second kappa shape index (κ2) is 7.95. The van der Waals surface area contributed by atoms with Gasteiger partial charge < -0.3 is 13.7 Å². The van der Waals surface area contributed by atoms with Crippen LogP contribution in [0.15, 0.2) is 59.5 Å². The van der Waals surface area contributed by atoms with Gasteiger partial charge in [-0.05, 0) is 68.4 Å². The lowest BCUT2D eigenvalue weighted by atomic mass is 9.92. The highest BCUT2D eigenvalue weighted by atomic mass is 16.5. The van der Waals surface area contributed by atoms with Crippen molar-refractivity contribution in [3.05, 3.63) is 66.5 Å². The average Bonchev–Trinajstić information content (AvgIpc) is 3.44. The fourth-order valence-corrected chi connectivity index (χ4v) is 4.32. The van der Waals surface area contributed by atoms with E-state index in [1.54, 1.807) is 13.4 Å². The molecular weight excluding hydrogens is 376 g/mol. The van der Waals surface area contributed by atoms with Crippen LogP contribution in [0.5, 0.6) is 5.75 Å². The molecule has 5 rings (SSSR count). The number of aromatic nitrogens is 3. The van der Waals surface area contributed by atoms with E-state index in [2.05, 4.69) is 32.7 Å². The van der Waals surface area contributed by atoms with Crippen molar-refractivity contribution in [3.8, 4) is 17.0 Å². The second-order valence-electron chi connectivity index (χ2n) is 7.98. The average molecular weight is 402 g/mol. The Morgan fingerprint density at radius 2 is 1.93 bits per heavy atom. The van der Waals surface area contributed by atoms with E-state index in [4.69, 9.17) is 14.1 Å². The van der Waals surface area contributed by atoms with Gasteiger partial charge in [0.25, 0.3) is 0 Å². The Morgan fingerprint density at radius 1 is 1.13 bits per heavy atom. The third-order valence-corrected chi connectivity index (χ3v) is 6.06. The minimum Gasteiger partial charge on any atom is -0.497 e. The number of ether oxygens (including phenoxy) is 1. The van der Waals surface area contributed by atoms with Gasteiger partial charge in [-0.2, -0.15) is 0 Å². The Hall–Kier alpha value is -3.12. The molecule has 0 spiro atoms. The number of furan rings is 1. The number of methoxy groups -OCH3 is 1. The second-order valence-corrected chi connectivity index (χ2v) is 7.98. The Kier molecular flexibility index (Phi) is 5.01. The first-order valence-electron chi connectivity index (χ1n) is 10.4. The topological polar surface area (TPSA) is 56.3 Å². The molecule has 30 heavy (non-hydrogen) atoms. The summed E-state index contributed by atoms with van der Waals surface area (Å²) in [6.45, 7) is 2.98. The molecule has 4 heterocycles. The van der Waals surface area contributed by atoms with Crippen molar-refractivity contribution in [2.75, 3.05) is 20.2 Å². The maximum Gasteiger partial charge on any atom is 0.118 e. The van der Waals surface area contributed by atoms with E-state index >= 15 is 0 Å². The number of hydrogen-bond acceptors (Lipinski definition) is 5. The standard InChI is InChI=1S/C24H26N4O2/c1-27-16-25-24-22(27)14-21(26-23(24)18-5-7-19(29-2)8-6-18)17-9-11-28(12-10-17)15-20-4-3-13-30-20/h3-8,13-14,16-17H,9-12,15H2,1-2H3. The minimum atomic E-state index is 0.453. The van der Waals surface area contributed by atoms with Crippen LogP contribution >= 0.6 is 0 Å². The van der Waals surface area contributed by atoms with Gasteiger partial charge in [-0.15, -0.1) is 0 Å². The number of hydrogen-bond donors (Lipinski definition) is 0. The maximum absolute atomic E-state index is 5.51. The highest BCUT2D eigenvalue weighted by Crippen LogP contribution is 2.33. The first-order valence-corrected chi connectivity index (χ1v) is 10.4. The zero-order valence-corrected chi connectivity index (χ0v) is 17.4. The molecule has 1 saturated heterocycles. The number of rotatable bonds is 5. The van der Waals surface area contributed by atoms with Gasteiger partial charge in [0.2, 0.25) is 0 Å². The molecule has 0 N–H and O–H groups in total. The Balaban J connectivity index is 1.42. The zero-order chi connectivity index (χ0) is 20.5. The summed E-state index contributed by atoms with van der Waals surface area (Å²) in [6.07, 6.45) is 5.81. The molecule has 0 aliphatic carbocycles. The van der Waals surface area contributed by atoms with Crippen molar-refractivity contribution in [2.45, 2.75) is 25.3 Å². The summed E-state index contributed by atoms with van der Waals surface area (Å²) >= 11 is 0. The van der Waals surface area contributed by atoms with E-state index < -0.39 is 0 Å². The number of pyridine rings is 1. The van der Waals surface area contributed by atoms with E-state index in [-0.39, 0.29) is 0 Å². The third kappa shape index (κ3) is 3.59.